The quantitative estimate of drug-likeness (QED) is 0.838. The molecule has 0 amide bonds. The van der Waals surface area contributed by atoms with E-state index in [1.54, 1.807) is 0 Å². The molecule has 1 aliphatic carbocycles. The lowest BCUT2D eigenvalue weighted by molar-refractivity contribution is 0.0675. The highest BCUT2D eigenvalue weighted by Crippen LogP contribution is 2.31. The fraction of sp³-hybridized carbons (Fsp3) is 1.00. The SMILES string of the molecule is CCC1(CN2CCN(C3CCCC3)CC2)CCNC1. The monoisotopic (exact) mass is 265 g/mol. The van der Waals surface area contributed by atoms with Crippen molar-refractivity contribution in [1.82, 2.24) is 15.1 Å². The number of hydrogen-bond acceptors (Lipinski definition) is 3. The first-order valence-electron chi connectivity index (χ1n) is 8.48. The van der Waals surface area contributed by atoms with Crippen LogP contribution in [0.3, 0.4) is 0 Å². The normalized spacial score (nSPS) is 35.2. The van der Waals surface area contributed by atoms with Crippen LogP contribution in [0.15, 0.2) is 0 Å². The first kappa shape index (κ1) is 13.8. The van der Waals surface area contributed by atoms with E-state index in [9.17, 15) is 0 Å². The van der Waals surface area contributed by atoms with Crippen LogP contribution in [0.2, 0.25) is 0 Å². The van der Waals surface area contributed by atoms with E-state index >= 15 is 0 Å². The van der Waals surface area contributed by atoms with Gasteiger partial charge in [-0.2, -0.15) is 0 Å². The van der Waals surface area contributed by atoms with Gasteiger partial charge in [0.15, 0.2) is 0 Å². The minimum atomic E-state index is 0.579. The van der Waals surface area contributed by atoms with Gasteiger partial charge in [0.1, 0.15) is 0 Å². The van der Waals surface area contributed by atoms with Gasteiger partial charge in [-0.1, -0.05) is 19.8 Å². The molecule has 2 saturated heterocycles. The summed E-state index contributed by atoms with van der Waals surface area (Å²) in [5, 5.41) is 3.57. The van der Waals surface area contributed by atoms with Crippen molar-refractivity contribution in [3.05, 3.63) is 0 Å². The van der Waals surface area contributed by atoms with Gasteiger partial charge in [-0.15, -0.1) is 0 Å². The van der Waals surface area contributed by atoms with E-state index in [0.717, 1.165) is 6.04 Å². The lowest BCUT2D eigenvalue weighted by Crippen LogP contribution is -2.52. The largest absolute Gasteiger partial charge is 0.316 e. The molecule has 3 nitrogen and oxygen atoms in total. The van der Waals surface area contributed by atoms with Crippen LogP contribution in [0.25, 0.3) is 0 Å². The predicted molar refractivity (Wildman–Crippen MR) is 80.5 cm³/mol. The molecule has 3 aliphatic rings. The van der Waals surface area contributed by atoms with Crippen molar-refractivity contribution in [1.29, 1.82) is 0 Å². The summed E-state index contributed by atoms with van der Waals surface area (Å²) in [6, 6.07) is 0.926. The zero-order chi connectivity index (χ0) is 13.1. The summed E-state index contributed by atoms with van der Waals surface area (Å²) in [5.74, 6) is 0. The van der Waals surface area contributed by atoms with E-state index in [1.165, 1.54) is 84.3 Å². The molecule has 0 radical (unpaired) electrons. The average molecular weight is 265 g/mol. The highest BCUT2D eigenvalue weighted by Gasteiger charge is 2.35. The molecule has 3 rings (SSSR count). The van der Waals surface area contributed by atoms with Crippen molar-refractivity contribution in [2.75, 3.05) is 45.8 Å². The maximum Gasteiger partial charge on any atom is 0.0113 e. The first-order valence-corrected chi connectivity index (χ1v) is 8.48. The van der Waals surface area contributed by atoms with Crippen LogP contribution in [-0.4, -0.2) is 61.7 Å². The number of rotatable bonds is 4. The van der Waals surface area contributed by atoms with Gasteiger partial charge in [0, 0.05) is 45.3 Å². The Morgan fingerprint density at radius 2 is 1.84 bits per heavy atom. The third kappa shape index (κ3) is 3.14. The van der Waals surface area contributed by atoms with Crippen LogP contribution in [-0.2, 0) is 0 Å². The maximum atomic E-state index is 3.57. The molecule has 1 unspecified atom stereocenters. The summed E-state index contributed by atoms with van der Waals surface area (Å²) in [4.78, 5) is 5.51. The van der Waals surface area contributed by atoms with E-state index in [0.29, 0.717) is 5.41 Å². The highest BCUT2D eigenvalue weighted by atomic mass is 15.3. The van der Waals surface area contributed by atoms with Crippen LogP contribution in [0.5, 0.6) is 0 Å². The smallest absolute Gasteiger partial charge is 0.0113 e. The van der Waals surface area contributed by atoms with Crippen molar-refractivity contribution < 1.29 is 0 Å². The Kier molecular flexibility index (Phi) is 4.45. The molecule has 0 bridgehead atoms. The van der Waals surface area contributed by atoms with E-state index in [1.807, 2.05) is 0 Å². The Labute approximate surface area is 118 Å². The van der Waals surface area contributed by atoms with Crippen molar-refractivity contribution in [2.24, 2.45) is 5.41 Å². The molecule has 0 aromatic carbocycles. The van der Waals surface area contributed by atoms with Gasteiger partial charge in [-0.3, -0.25) is 4.90 Å². The number of hydrogen-bond donors (Lipinski definition) is 1. The van der Waals surface area contributed by atoms with Crippen LogP contribution < -0.4 is 5.32 Å². The lowest BCUT2D eigenvalue weighted by atomic mass is 9.83. The second kappa shape index (κ2) is 6.11. The molecule has 3 heteroatoms. The van der Waals surface area contributed by atoms with Gasteiger partial charge >= 0.3 is 0 Å². The van der Waals surface area contributed by atoms with E-state index in [2.05, 4.69) is 22.0 Å². The van der Waals surface area contributed by atoms with Gasteiger partial charge < -0.3 is 10.2 Å². The zero-order valence-corrected chi connectivity index (χ0v) is 12.7. The predicted octanol–water partition coefficient (Wildman–Crippen LogP) is 1.94. The molecule has 1 saturated carbocycles. The minimum Gasteiger partial charge on any atom is -0.316 e. The molecular formula is C16H31N3. The van der Waals surface area contributed by atoms with E-state index < -0.39 is 0 Å². The molecule has 3 fully saturated rings. The molecule has 2 aliphatic heterocycles. The Morgan fingerprint density at radius 1 is 1.11 bits per heavy atom. The second-order valence-corrected chi connectivity index (χ2v) is 7.03. The molecule has 0 aromatic rings. The highest BCUT2D eigenvalue weighted by molar-refractivity contribution is 4.91. The Bertz CT molecular complexity index is 272. The van der Waals surface area contributed by atoms with Crippen LogP contribution in [0.1, 0.15) is 45.4 Å². The van der Waals surface area contributed by atoms with Gasteiger partial charge in [-0.05, 0) is 37.6 Å². The standard InChI is InChI=1S/C16H31N3/c1-2-16(7-8-17-13-16)14-18-9-11-19(12-10-18)15-5-3-4-6-15/h15,17H,2-14H2,1H3. The van der Waals surface area contributed by atoms with Crippen LogP contribution in [0.4, 0.5) is 0 Å². The summed E-state index contributed by atoms with van der Waals surface area (Å²) in [5.41, 5.74) is 0.579. The maximum absolute atomic E-state index is 3.57. The number of nitrogens with zero attached hydrogens (tertiary/aromatic N) is 2. The summed E-state index contributed by atoms with van der Waals surface area (Å²) in [6.07, 6.45) is 8.58. The second-order valence-electron chi connectivity index (χ2n) is 7.03. The number of piperazine rings is 1. The molecule has 110 valence electrons. The Morgan fingerprint density at radius 3 is 2.42 bits per heavy atom. The minimum absolute atomic E-state index is 0.579. The lowest BCUT2D eigenvalue weighted by Gasteiger charge is -2.41. The first-order chi connectivity index (χ1) is 9.31. The van der Waals surface area contributed by atoms with Gasteiger partial charge in [0.05, 0.1) is 0 Å². The van der Waals surface area contributed by atoms with Crippen molar-refractivity contribution in [3.63, 3.8) is 0 Å². The average Bonchev–Trinajstić information content (AvgIpc) is 3.11. The van der Waals surface area contributed by atoms with Crippen molar-refractivity contribution in [3.8, 4) is 0 Å². The van der Waals surface area contributed by atoms with Crippen molar-refractivity contribution in [2.45, 2.75) is 51.5 Å². The Hall–Kier alpha value is -0.120. The molecule has 0 aromatic heterocycles. The molecule has 1 N–H and O–H groups in total. The summed E-state index contributed by atoms with van der Waals surface area (Å²) in [6.45, 7) is 11.4. The summed E-state index contributed by atoms with van der Waals surface area (Å²) < 4.78 is 0. The van der Waals surface area contributed by atoms with Crippen LogP contribution >= 0.6 is 0 Å². The zero-order valence-electron chi connectivity index (χ0n) is 12.7. The fourth-order valence-corrected chi connectivity index (χ4v) is 4.37. The summed E-state index contributed by atoms with van der Waals surface area (Å²) in [7, 11) is 0. The van der Waals surface area contributed by atoms with Gasteiger partial charge in [-0.25, -0.2) is 0 Å². The molecule has 2 heterocycles. The van der Waals surface area contributed by atoms with Crippen molar-refractivity contribution >= 4 is 0 Å². The van der Waals surface area contributed by atoms with E-state index in [4.69, 9.17) is 0 Å². The van der Waals surface area contributed by atoms with Gasteiger partial charge in [0.2, 0.25) is 0 Å². The van der Waals surface area contributed by atoms with Crippen LogP contribution in [0, 0.1) is 5.41 Å². The summed E-state index contributed by atoms with van der Waals surface area (Å²) >= 11 is 0. The third-order valence-corrected chi connectivity index (χ3v) is 5.89. The van der Waals surface area contributed by atoms with Gasteiger partial charge in [0.25, 0.3) is 0 Å². The Balaban J connectivity index is 1.47. The van der Waals surface area contributed by atoms with E-state index in [-0.39, 0.29) is 0 Å². The molecule has 19 heavy (non-hydrogen) atoms. The third-order valence-electron chi connectivity index (χ3n) is 5.89. The number of nitrogens with one attached hydrogen (secondary N) is 1. The molecule has 1 atom stereocenters. The topological polar surface area (TPSA) is 18.5 Å². The molecular weight excluding hydrogens is 234 g/mol. The molecule has 0 spiro atoms. The fourth-order valence-electron chi connectivity index (χ4n) is 4.37.